The van der Waals surface area contributed by atoms with E-state index in [9.17, 15) is 55.9 Å². The van der Waals surface area contributed by atoms with Crippen LogP contribution < -0.4 is 0 Å². The van der Waals surface area contributed by atoms with Crippen molar-refractivity contribution in [3.05, 3.63) is 0 Å². The summed E-state index contributed by atoms with van der Waals surface area (Å²) in [4.78, 5) is 10.6. The molecule has 3 aliphatic rings. The first kappa shape index (κ1) is 30.6. The Morgan fingerprint density at radius 2 is 1.16 bits per heavy atom. The number of carbonyl (C=O) groups excluding carboxylic acids is 1. The molecule has 0 bridgehead atoms. The van der Waals surface area contributed by atoms with E-state index in [1.165, 1.54) is 0 Å². The SMILES string of the molecule is O=CC(O)C(O)C(CO)OC1OCC(OC2OCC(OC3OCC(O)C(O)C3O)C(O)C2O)C(O)C1O. The summed E-state index contributed by atoms with van der Waals surface area (Å²) in [6.07, 6.45) is -23.8. The molecule has 3 heterocycles. The van der Waals surface area contributed by atoms with Crippen molar-refractivity contribution in [2.75, 3.05) is 26.4 Å². The highest BCUT2D eigenvalue weighted by Crippen LogP contribution is 2.27. The van der Waals surface area contributed by atoms with E-state index < -0.39 is 105 Å². The Hall–Kier alpha value is -0.970. The summed E-state index contributed by atoms with van der Waals surface area (Å²) in [5, 5.41) is 99.4. The van der Waals surface area contributed by atoms with Crippen LogP contribution in [0.2, 0.25) is 0 Å². The van der Waals surface area contributed by atoms with Gasteiger partial charge in [-0.1, -0.05) is 0 Å². The zero-order chi connectivity index (χ0) is 27.4. The summed E-state index contributed by atoms with van der Waals surface area (Å²) in [7, 11) is 0. The van der Waals surface area contributed by atoms with Crippen molar-refractivity contribution in [1.82, 2.24) is 0 Å². The Bertz CT molecular complexity index is 714. The topological polar surface area (TPSA) is 275 Å². The van der Waals surface area contributed by atoms with Crippen LogP contribution in [0.15, 0.2) is 0 Å². The van der Waals surface area contributed by atoms with Crippen LogP contribution in [0.3, 0.4) is 0 Å². The second-order valence-corrected chi connectivity index (χ2v) is 8.94. The number of carbonyl (C=O) groups is 1. The fraction of sp³-hybridized carbons (Fsp3) is 0.950. The number of aliphatic hydroxyl groups excluding tert-OH is 10. The first-order valence-electron chi connectivity index (χ1n) is 11.5. The third kappa shape index (κ3) is 6.97. The lowest BCUT2D eigenvalue weighted by molar-refractivity contribution is -0.352. The van der Waals surface area contributed by atoms with Gasteiger partial charge in [0.25, 0.3) is 0 Å². The molecule has 15 unspecified atom stereocenters. The van der Waals surface area contributed by atoms with Gasteiger partial charge in [0.1, 0.15) is 73.2 Å². The molecule has 15 atom stereocenters. The fourth-order valence-corrected chi connectivity index (χ4v) is 3.96. The molecule has 0 aromatic rings. The normalized spacial score (nSPS) is 45.7. The van der Waals surface area contributed by atoms with Gasteiger partial charge in [-0.05, 0) is 0 Å². The smallest absolute Gasteiger partial charge is 0.186 e. The number of aliphatic hydroxyl groups is 10. The third-order valence-corrected chi connectivity index (χ3v) is 6.30. The van der Waals surface area contributed by atoms with Gasteiger partial charge in [-0.2, -0.15) is 0 Å². The van der Waals surface area contributed by atoms with Gasteiger partial charge >= 0.3 is 0 Å². The van der Waals surface area contributed by atoms with Gasteiger partial charge in [0.05, 0.1) is 26.4 Å². The molecule has 0 spiro atoms. The summed E-state index contributed by atoms with van der Waals surface area (Å²) in [5.74, 6) is 0. The van der Waals surface area contributed by atoms with E-state index in [2.05, 4.69) is 0 Å². The standard InChI is InChI=1S/C20H34O17/c21-1-6(23)11(25)8(2-22)35-19-16(30)13(27)10(4-33-19)37-20-17(31)14(28)9(5-34-20)36-18-15(29)12(26)7(24)3-32-18/h1,6-20,22-31H,2-5H2. The second-order valence-electron chi connectivity index (χ2n) is 8.94. The van der Waals surface area contributed by atoms with E-state index >= 15 is 0 Å². The monoisotopic (exact) mass is 546 g/mol. The summed E-state index contributed by atoms with van der Waals surface area (Å²) in [5.41, 5.74) is 0. The molecule has 3 aliphatic heterocycles. The minimum atomic E-state index is -1.88. The van der Waals surface area contributed by atoms with E-state index in [1.54, 1.807) is 0 Å². The summed E-state index contributed by atoms with van der Waals surface area (Å²) in [6, 6.07) is 0. The van der Waals surface area contributed by atoms with Gasteiger partial charge in [-0.15, -0.1) is 0 Å². The van der Waals surface area contributed by atoms with Crippen LogP contribution in [0.4, 0.5) is 0 Å². The number of hydrogen-bond donors (Lipinski definition) is 10. The van der Waals surface area contributed by atoms with Crippen LogP contribution >= 0.6 is 0 Å². The van der Waals surface area contributed by atoms with Crippen molar-refractivity contribution in [1.29, 1.82) is 0 Å². The molecule has 0 aromatic carbocycles. The zero-order valence-electron chi connectivity index (χ0n) is 19.4. The maximum absolute atomic E-state index is 10.6. The van der Waals surface area contributed by atoms with Gasteiger partial charge in [0, 0.05) is 0 Å². The lowest BCUT2D eigenvalue weighted by Gasteiger charge is -2.44. The van der Waals surface area contributed by atoms with Crippen molar-refractivity contribution in [2.45, 2.75) is 92.1 Å². The van der Waals surface area contributed by atoms with Gasteiger partial charge in [0.15, 0.2) is 25.2 Å². The van der Waals surface area contributed by atoms with Crippen molar-refractivity contribution < 1.29 is 84.3 Å². The van der Waals surface area contributed by atoms with E-state index in [4.69, 9.17) is 28.4 Å². The van der Waals surface area contributed by atoms with Crippen LogP contribution in [0, 0.1) is 0 Å². The van der Waals surface area contributed by atoms with E-state index in [0.717, 1.165) is 0 Å². The molecule has 17 heteroatoms. The lowest BCUT2D eigenvalue weighted by atomic mass is 10.0. The molecule has 216 valence electrons. The zero-order valence-corrected chi connectivity index (χ0v) is 19.4. The van der Waals surface area contributed by atoms with Gasteiger partial charge in [-0.3, -0.25) is 0 Å². The van der Waals surface area contributed by atoms with E-state index in [-0.39, 0.29) is 19.5 Å². The summed E-state index contributed by atoms with van der Waals surface area (Å²) < 4.78 is 31.7. The summed E-state index contributed by atoms with van der Waals surface area (Å²) in [6.45, 7) is -2.04. The van der Waals surface area contributed by atoms with Crippen molar-refractivity contribution >= 4 is 6.29 Å². The Labute approximate surface area is 209 Å². The predicted octanol–water partition coefficient (Wildman–Crippen LogP) is -7.35. The Kier molecular flexibility index (Phi) is 11.1. The molecule has 0 amide bonds. The van der Waals surface area contributed by atoms with Gasteiger partial charge in [-0.25, -0.2) is 0 Å². The second kappa shape index (κ2) is 13.4. The number of rotatable bonds is 10. The van der Waals surface area contributed by atoms with Crippen LogP contribution in [0.5, 0.6) is 0 Å². The molecule has 3 fully saturated rings. The number of aldehydes is 1. The van der Waals surface area contributed by atoms with Crippen molar-refractivity contribution in [3.63, 3.8) is 0 Å². The molecular formula is C20H34O17. The number of ether oxygens (including phenoxy) is 6. The van der Waals surface area contributed by atoms with E-state index in [0.29, 0.717) is 0 Å². The predicted molar refractivity (Wildman–Crippen MR) is 111 cm³/mol. The molecule has 10 N–H and O–H groups in total. The van der Waals surface area contributed by atoms with Crippen LogP contribution in [-0.4, -0.2) is 176 Å². The van der Waals surface area contributed by atoms with Gasteiger partial charge < -0.3 is 84.3 Å². The average Bonchev–Trinajstić information content (AvgIpc) is 2.89. The molecule has 0 saturated carbocycles. The highest BCUT2D eigenvalue weighted by molar-refractivity contribution is 5.56. The molecular weight excluding hydrogens is 512 g/mol. The first-order chi connectivity index (χ1) is 17.5. The maximum atomic E-state index is 10.6. The molecule has 3 saturated heterocycles. The highest BCUT2D eigenvalue weighted by Gasteiger charge is 2.48. The number of hydrogen-bond acceptors (Lipinski definition) is 17. The van der Waals surface area contributed by atoms with Crippen LogP contribution in [-0.2, 0) is 33.2 Å². The first-order valence-corrected chi connectivity index (χ1v) is 11.5. The quantitative estimate of drug-likeness (QED) is 0.114. The fourth-order valence-electron chi connectivity index (χ4n) is 3.96. The van der Waals surface area contributed by atoms with Crippen molar-refractivity contribution in [2.24, 2.45) is 0 Å². The maximum Gasteiger partial charge on any atom is 0.186 e. The van der Waals surface area contributed by atoms with Crippen molar-refractivity contribution in [3.8, 4) is 0 Å². The molecule has 37 heavy (non-hydrogen) atoms. The largest absolute Gasteiger partial charge is 0.394 e. The third-order valence-electron chi connectivity index (χ3n) is 6.30. The molecule has 3 rings (SSSR count). The average molecular weight is 546 g/mol. The van der Waals surface area contributed by atoms with Gasteiger partial charge in [0.2, 0.25) is 0 Å². The molecule has 17 nitrogen and oxygen atoms in total. The van der Waals surface area contributed by atoms with Crippen LogP contribution in [0.25, 0.3) is 0 Å². The lowest BCUT2D eigenvalue weighted by Crippen LogP contribution is -2.62. The Balaban J connectivity index is 1.52. The Morgan fingerprint density at radius 3 is 1.68 bits per heavy atom. The molecule has 0 aromatic heterocycles. The van der Waals surface area contributed by atoms with E-state index in [1.807, 2.05) is 0 Å². The minimum Gasteiger partial charge on any atom is -0.394 e. The van der Waals surface area contributed by atoms with Crippen LogP contribution in [0.1, 0.15) is 0 Å². The highest BCUT2D eigenvalue weighted by atomic mass is 16.7. The molecule has 0 aliphatic carbocycles. The minimum absolute atomic E-state index is 0.0190. The Morgan fingerprint density at radius 1 is 0.703 bits per heavy atom. The summed E-state index contributed by atoms with van der Waals surface area (Å²) >= 11 is 0. The molecule has 0 radical (unpaired) electrons.